The Balaban J connectivity index is 2.56. The third kappa shape index (κ3) is 2.87. The minimum Gasteiger partial charge on any atom is -0.393 e. The van der Waals surface area contributed by atoms with E-state index >= 15 is 0 Å². The molecule has 1 aromatic heterocycles. The van der Waals surface area contributed by atoms with Crippen molar-refractivity contribution in [1.29, 1.82) is 0 Å². The maximum atomic E-state index is 13.1. The fourth-order valence-electron chi connectivity index (χ4n) is 2.10. The number of nitrogens with zero attached hydrogens (tertiary/aromatic N) is 2. The first-order valence-corrected chi connectivity index (χ1v) is 7.01. The third-order valence-corrected chi connectivity index (χ3v) is 3.41. The number of nitrogens with two attached hydrogens (primary N) is 1. The number of aliphatic hydroxyl groups is 1. The second-order valence-electron chi connectivity index (χ2n) is 4.35. The monoisotopic (exact) mass is 375 g/mol. The molecule has 0 amide bonds. The normalized spacial score (nSPS) is 25.6. The van der Waals surface area contributed by atoms with Gasteiger partial charge in [-0.25, -0.2) is 13.6 Å². The van der Waals surface area contributed by atoms with Crippen LogP contribution in [-0.2, 0) is 4.74 Å². The third-order valence-electron chi connectivity index (χ3n) is 3.15. The molecule has 6 nitrogen and oxygen atoms in total. The van der Waals surface area contributed by atoms with Crippen molar-refractivity contribution >= 4 is 27.8 Å². The molecule has 118 valence electrons. The summed E-state index contributed by atoms with van der Waals surface area (Å²) in [5.41, 5.74) is 4.84. The van der Waals surface area contributed by atoms with Crippen LogP contribution in [0.4, 0.5) is 14.6 Å². The summed E-state index contributed by atoms with van der Waals surface area (Å²) < 4.78 is 32.4. The molecule has 2 rings (SSSR count). The predicted octanol–water partition coefficient (Wildman–Crippen LogP) is 1.79. The fourth-order valence-corrected chi connectivity index (χ4v) is 2.38. The minimum absolute atomic E-state index is 0.0132. The van der Waals surface area contributed by atoms with Gasteiger partial charge in [-0.1, -0.05) is 15.9 Å². The maximum absolute atomic E-state index is 13.1. The summed E-state index contributed by atoms with van der Waals surface area (Å²) in [6, 6.07) is 0. The first-order valence-electron chi connectivity index (χ1n) is 6.10. The first kappa shape index (κ1) is 16.5. The summed E-state index contributed by atoms with van der Waals surface area (Å²) >= 11 is 3.07. The van der Waals surface area contributed by atoms with Gasteiger partial charge >= 0.3 is 5.69 Å². The number of nitrogen functional groups attached to an aromatic ring is 1. The lowest BCUT2D eigenvalue weighted by molar-refractivity contribution is -0.00860. The van der Waals surface area contributed by atoms with E-state index in [2.05, 4.69) is 20.9 Å². The van der Waals surface area contributed by atoms with Crippen molar-refractivity contribution in [2.24, 2.45) is 0 Å². The predicted molar refractivity (Wildman–Crippen MR) is 80.2 cm³/mol. The van der Waals surface area contributed by atoms with E-state index in [1.165, 1.54) is 17.3 Å². The van der Waals surface area contributed by atoms with Crippen molar-refractivity contribution in [2.75, 3.05) is 12.3 Å². The molecular formula is C13H12BrF2N3O3. The van der Waals surface area contributed by atoms with Gasteiger partial charge in [-0.2, -0.15) is 4.98 Å². The summed E-state index contributed by atoms with van der Waals surface area (Å²) in [4.78, 5) is 17.1. The van der Waals surface area contributed by atoms with Gasteiger partial charge < -0.3 is 15.6 Å². The zero-order valence-corrected chi connectivity index (χ0v) is 12.7. The molecule has 0 saturated carbocycles. The van der Waals surface area contributed by atoms with Gasteiger partial charge in [-0.05, 0) is 11.1 Å². The number of ether oxygens (including phenoxy) is 1. The van der Waals surface area contributed by atoms with Crippen LogP contribution in [-0.4, -0.2) is 27.4 Å². The topological polar surface area (TPSA) is 90.4 Å². The van der Waals surface area contributed by atoms with Gasteiger partial charge in [0.05, 0.1) is 19.3 Å². The van der Waals surface area contributed by atoms with Crippen LogP contribution in [0.25, 0.3) is 6.08 Å². The van der Waals surface area contributed by atoms with Crippen molar-refractivity contribution in [2.45, 2.75) is 12.3 Å². The van der Waals surface area contributed by atoms with E-state index in [9.17, 15) is 18.7 Å². The molecule has 2 heterocycles. The minimum atomic E-state index is -1.24. The molecule has 1 fully saturated rings. The molecule has 2 unspecified atom stereocenters. The molecule has 1 saturated heterocycles. The Hall–Kier alpha value is -1.84. The highest BCUT2D eigenvalue weighted by molar-refractivity contribution is 9.11. The van der Waals surface area contributed by atoms with E-state index in [0.717, 1.165) is 4.57 Å². The number of aromatic nitrogens is 2. The van der Waals surface area contributed by atoms with E-state index in [4.69, 9.17) is 10.5 Å². The van der Waals surface area contributed by atoms with Crippen LogP contribution < -0.4 is 11.4 Å². The van der Waals surface area contributed by atoms with Crippen molar-refractivity contribution < 1.29 is 18.6 Å². The standard InChI is InChI=1S/C13H12BrF2N3O3/c14-2-1-7-5-19(13(21)18-11(7)17)12-9(4-16)8(3-15)10(6-20)22-12/h1-5,10,12,20H,6H2,(H2,17,18,21). The van der Waals surface area contributed by atoms with E-state index < -0.39 is 24.6 Å². The number of rotatable bonds is 3. The van der Waals surface area contributed by atoms with Gasteiger partial charge in [0.15, 0.2) is 6.23 Å². The molecule has 1 aromatic rings. The molecule has 22 heavy (non-hydrogen) atoms. The Labute approximate surface area is 132 Å². The van der Waals surface area contributed by atoms with Crippen molar-refractivity contribution in [3.8, 4) is 0 Å². The van der Waals surface area contributed by atoms with E-state index in [1.807, 2.05) is 0 Å². The largest absolute Gasteiger partial charge is 0.393 e. The van der Waals surface area contributed by atoms with Gasteiger partial charge in [0.25, 0.3) is 0 Å². The Morgan fingerprint density at radius 3 is 2.68 bits per heavy atom. The lowest BCUT2D eigenvalue weighted by Crippen LogP contribution is -2.29. The Kier molecular flexibility index (Phi) is 5.22. The van der Waals surface area contributed by atoms with E-state index in [-0.39, 0.29) is 29.6 Å². The molecule has 0 aromatic carbocycles. The molecule has 0 aliphatic carbocycles. The molecule has 0 bridgehead atoms. The number of aliphatic hydroxyl groups excluding tert-OH is 1. The molecule has 0 radical (unpaired) electrons. The first-order chi connectivity index (χ1) is 10.6. The van der Waals surface area contributed by atoms with Gasteiger partial charge in [-0.3, -0.25) is 4.57 Å². The molecule has 1 aliphatic heterocycles. The van der Waals surface area contributed by atoms with Gasteiger partial charge in [0.1, 0.15) is 11.9 Å². The van der Waals surface area contributed by atoms with Crippen LogP contribution in [0.3, 0.4) is 0 Å². The zero-order valence-electron chi connectivity index (χ0n) is 11.1. The van der Waals surface area contributed by atoms with Crippen LogP contribution in [0, 0.1) is 0 Å². The quantitative estimate of drug-likeness (QED) is 0.840. The lowest BCUT2D eigenvalue weighted by Gasteiger charge is -2.15. The molecule has 9 heteroatoms. The Morgan fingerprint density at radius 2 is 2.14 bits per heavy atom. The molecule has 1 aliphatic rings. The summed E-state index contributed by atoms with van der Waals surface area (Å²) in [7, 11) is 0. The van der Waals surface area contributed by atoms with Gasteiger partial charge in [0.2, 0.25) is 0 Å². The summed E-state index contributed by atoms with van der Waals surface area (Å²) in [5, 5.41) is 9.18. The maximum Gasteiger partial charge on any atom is 0.351 e. The van der Waals surface area contributed by atoms with Gasteiger partial charge in [0, 0.05) is 22.9 Å². The van der Waals surface area contributed by atoms with E-state index in [0.29, 0.717) is 5.56 Å². The second-order valence-corrected chi connectivity index (χ2v) is 4.88. The summed E-state index contributed by atoms with van der Waals surface area (Å²) in [6.45, 7) is -0.561. The summed E-state index contributed by atoms with van der Waals surface area (Å²) in [5.74, 6) is -0.0132. The van der Waals surface area contributed by atoms with Crippen LogP contribution in [0.15, 0.2) is 39.8 Å². The summed E-state index contributed by atoms with van der Waals surface area (Å²) in [6.07, 6.45) is 0.799. The number of hydrogen-bond donors (Lipinski definition) is 2. The zero-order chi connectivity index (χ0) is 16.3. The smallest absolute Gasteiger partial charge is 0.351 e. The molecule has 3 N–H and O–H groups in total. The Morgan fingerprint density at radius 1 is 1.45 bits per heavy atom. The van der Waals surface area contributed by atoms with Crippen LogP contribution in [0.5, 0.6) is 0 Å². The second kappa shape index (κ2) is 6.95. The Bertz CT molecular complexity index is 715. The fraction of sp³-hybridized carbons (Fsp3) is 0.231. The average Bonchev–Trinajstić information content (AvgIpc) is 2.87. The number of hydrogen-bond acceptors (Lipinski definition) is 5. The van der Waals surface area contributed by atoms with Crippen molar-refractivity contribution in [3.05, 3.63) is 51.0 Å². The van der Waals surface area contributed by atoms with Crippen molar-refractivity contribution in [1.82, 2.24) is 9.55 Å². The SMILES string of the molecule is Nc1nc(=O)n(C2OC(CO)C(=CF)C2=CF)cc1C=CBr. The van der Waals surface area contributed by atoms with Crippen LogP contribution in [0.1, 0.15) is 11.8 Å². The molecule has 0 spiro atoms. The average molecular weight is 376 g/mol. The highest BCUT2D eigenvalue weighted by atomic mass is 79.9. The molecule has 2 atom stereocenters. The van der Waals surface area contributed by atoms with Crippen LogP contribution >= 0.6 is 15.9 Å². The highest BCUT2D eigenvalue weighted by Crippen LogP contribution is 2.38. The van der Waals surface area contributed by atoms with Crippen LogP contribution in [0.2, 0.25) is 0 Å². The van der Waals surface area contributed by atoms with E-state index in [1.54, 1.807) is 0 Å². The number of halogens is 3. The highest BCUT2D eigenvalue weighted by Gasteiger charge is 2.37. The number of anilines is 1. The van der Waals surface area contributed by atoms with Crippen molar-refractivity contribution in [3.63, 3.8) is 0 Å². The molecular weight excluding hydrogens is 364 g/mol. The lowest BCUT2D eigenvalue weighted by atomic mass is 10.1. The van der Waals surface area contributed by atoms with Gasteiger partial charge in [-0.15, -0.1) is 0 Å².